The van der Waals surface area contributed by atoms with Crippen molar-refractivity contribution in [2.45, 2.75) is 52.4 Å². The maximum atomic E-state index is 13.2. The number of hydrogen-bond donors (Lipinski definition) is 1. The summed E-state index contributed by atoms with van der Waals surface area (Å²) in [6.07, 6.45) is -0.968. The van der Waals surface area contributed by atoms with E-state index >= 15 is 0 Å². The fourth-order valence-electron chi connectivity index (χ4n) is 3.17. The van der Waals surface area contributed by atoms with Gasteiger partial charge < -0.3 is 14.8 Å². The van der Waals surface area contributed by atoms with Gasteiger partial charge in [-0.1, -0.05) is 30.3 Å². The minimum atomic E-state index is -0.876. The molecule has 2 aromatic rings. The molecule has 1 atom stereocenters. The molecule has 0 aliphatic heterocycles. The van der Waals surface area contributed by atoms with E-state index in [1.165, 1.54) is 7.11 Å². The molecular weight excluding hydrogens is 396 g/mol. The number of rotatable bonds is 9. The minimum Gasteiger partial charge on any atom is -0.443 e. The van der Waals surface area contributed by atoms with E-state index in [4.69, 9.17) is 9.47 Å². The van der Waals surface area contributed by atoms with E-state index in [2.05, 4.69) is 10.4 Å². The van der Waals surface area contributed by atoms with Crippen molar-refractivity contribution in [3.8, 4) is 0 Å². The summed E-state index contributed by atoms with van der Waals surface area (Å²) < 4.78 is 12.7. The second-order valence-electron chi connectivity index (χ2n) is 8.43. The molecular formula is C23H34N4O4. The van der Waals surface area contributed by atoms with Crippen molar-refractivity contribution in [3.63, 3.8) is 0 Å². The fraction of sp³-hybridized carbons (Fsp3) is 0.522. The number of benzene rings is 1. The molecule has 0 saturated carbocycles. The molecule has 0 aliphatic carbocycles. The molecule has 8 heteroatoms. The Morgan fingerprint density at radius 3 is 2.45 bits per heavy atom. The van der Waals surface area contributed by atoms with Gasteiger partial charge in [-0.25, -0.2) is 9.69 Å². The van der Waals surface area contributed by atoms with Crippen molar-refractivity contribution in [2.75, 3.05) is 20.2 Å². The second-order valence-corrected chi connectivity index (χ2v) is 8.43. The normalized spacial score (nSPS) is 12.5. The third-order valence-corrected chi connectivity index (χ3v) is 4.58. The molecule has 0 bridgehead atoms. The number of carbonyl (C=O) groups is 2. The lowest BCUT2D eigenvalue weighted by Crippen LogP contribution is -2.44. The summed E-state index contributed by atoms with van der Waals surface area (Å²) in [4.78, 5) is 27.1. The lowest BCUT2D eigenvalue weighted by molar-refractivity contribution is -0.141. The van der Waals surface area contributed by atoms with Gasteiger partial charge in [0.15, 0.2) is 6.10 Å². The number of methoxy groups -OCH3 is 1. The van der Waals surface area contributed by atoms with Crippen molar-refractivity contribution in [1.29, 1.82) is 0 Å². The van der Waals surface area contributed by atoms with Gasteiger partial charge in [0.2, 0.25) is 0 Å². The predicted octanol–water partition coefficient (Wildman–Crippen LogP) is 3.36. The van der Waals surface area contributed by atoms with E-state index < -0.39 is 23.7 Å². The summed E-state index contributed by atoms with van der Waals surface area (Å²) in [6.45, 7) is 8.77. The minimum absolute atomic E-state index is 0.220. The Kier molecular flexibility index (Phi) is 8.76. The van der Waals surface area contributed by atoms with Crippen molar-refractivity contribution in [1.82, 2.24) is 20.0 Å². The zero-order valence-electron chi connectivity index (χ0n) is 19.3. The van der Waals surface area contributed by atoms with Crippen molar-refractivity contribution in [3.05, 3.63) is 53.3 Å². The number of ether oxygens (including phenoxy) is 2. The summed E-state index contributed by atoms with van der Waals surface area (Å²) in [7, 11) is 3.36. The molecule has 1 heterocycles. The van der Waals surface area contributed by atoms with Crippen LogP contribution in [0.15, 0.2) is 36.4 Å². The molecule has 31 heavy (non-hydrogen) atoms. The molecule has 2 rings (SSSR count). The van der Waals surface area contributed by atoms with Gasteiger partial charge in [-0.05, 0) is 52.3 Å². The standard InChI is InChI=1S/C23H34N4O4/c1-17-15-19(26(5)25-17)16-24-13-10-14-27(22(29)31-23(2,3)4)21(28)20(30-6)18-11-8-7-9-12-18/h7-9,11-12,15,20,24H,10,13-14,16H2,1-6H3/t20-/m0/s1. The van der Waals surface area contributed by atoms with Crippen LogP contribution in [0.1, 0.15) is 50.2 Å². The van der Waals surface area contributed by atoms with Crippen LogP contribution in [0.25, 0.3) is 0 Å². The van der Waals surface area contributed by atoms with Crippen molar-refractivity contribution in [2.24, 2.45) is 7.05 Å². The van der Waals surface area contributed by atoms with Gasteiger partial charge in [0.25, 0.3) is 5.91 Å². The molecule has 0 spiro atoms. The summed E-state index contributed by atoms with van der Waals surface area (Å²) in [5, 5.41) is 7.65. The Bertz CT molecular complexity index is 858. The third kappa shape index (κ3) is 7.48. The van der Waals surface area contributed by atoms with Crippen LogP contribution in [-0.2, 0) is 27.9 Å². The Morgan fingerprint density at radius 2 is 1.90 bits per heavy atom. The predicted molar refractivity (Wildman–Crippen MR) is 118 cm³/mol. The van der Waals surface area contributed by atoms with Gasteiger partial charge >= 0.3 is 6.09 Å². The Labute approximate surface area is 184 Å². The molecule has 0 fully saturated rings. The monoisotopic (exact) mass is 430 g/mol. The van der Waals surface area contributed by atoms with E-state index in [0.717, 1.165) is 16.3 Å². The van der Waals surface area contributed by atoms with Crippen LogP contribution in [-0.4, -0.2) is 52.5 Å². The average molecular weight is 431 g/mol. The van der Waals surface area contributed by atoms with E-state index in [1.54, 1.807) is 32.9 Å². The first-order valence-electron chi connectivity index (χ1n) is 10.4. The van der Waals surface area contributed by atoms with Crippen LogP contribution >= 0.6 is 0 Å². The maximum Gasteiger partial charge on any atom is 0.417 e. The number of aromatic nitrogens is 2. The SMILES string of the molecule is CO[C@H](C(=O)N(CCCNCc1cc(C)nn1C)C(=O)OC(C)(C)C)c1ccccc1. The number of amides is 2. The zero-order valence-corrected chi connectivity index (χ0v) is 19.3. The zero-order chi connectivity index (χ0) is 23.0. The summed E-state index contributed by atoms with van der Waals surface area (Å²) in [6, 6.07) is 11.1. The highest BCUT2D eigenvalue weighted by Gasteiger charge is 2.32. The topological polar surface area (TPSA) is 85.7 Å². The molecule has 0 saturated heterocycles. The molecule has 1 N–H and O–H groups in total. The van der Waals surface area contributed by atoms with Crippen LogP contribution in [0.5, 0.6) is 0 Å². The first-order valence-corrected chi connectivity index (χ1v) is 10.4. The molecule has 0 aliphatic rings. The molecule has 0 radical (unpaired) electrons. The maximum absolute atomic E-state index is 13.2. The van der Waals surface area contributed by atoms with Crippen molar-refractivity contribution >= 4 is 12.0 Å². The second kappa shape index (κ2) is 11.1. The van der Waals surface area contributed by atoms with Crippen LogP contribution in [0.4, 0.5) is 4.79 Å². The lowest BCUT2D eigenvalue weighted by atomic mass is 10.1. The first-order chi connectivity index (χ1) is 14.6. The van der Waals surface area contributed by atoms with Gasteiger partial charge in [0, 0.05) is 27.2 Å². The highest BCUT2D eigenvalue weighted by molar-refractivity contribution is 5.95. The van der Waals surface area contributed by atoms with E-state index in [9.17, 15) is 9.59 Å². The molecule has 170 valence electrons. The highest BCUT2D eigenvalue weighted by Crippen LogP contribution is 2.21. The molecule has 2 amide bonds. The smallest absolute Gasteiger partial charge is 0.417 e. The van der Waals surface area contributed by atoms with Gasteiger partial charge in [-0.3, -0.25) is 9.48 Å². The number of carbonyl (C=O) groups excluding carboxylic acids is 2. The summed E-state index contributed by atoms with van der Waals surface area (Å²) in [5.74, 6) is -0.440. The molecule has 0 unspecified atom stereocenters. The molecule has 8 nitrogen and oxygen atoms in total. The highest BCUT2D eigenvalue weighted by atomic mass is 16.6. The van der Waals surface area contributed by atoms with Gasteiger partial charge in [-0.2, -0.15) is 5.10 Å². The van der Waals surface area contributed by atoms with Crippen molar-refractivity contribution < 1.29 is 19.1 Å². The van der Waals surface area contributed by atoms with Crippen LogP contribution < -0.4 is 5.32 Å². The lowest BCUT2D eigenvalue weighted by Gasteiger charge is -2.28. The largest absolute Gasteiger partial charge is 0.443 e. The first kappa shape index (κ1) is 24.6. The summed E-state index contributed by atoms with van der Waals surface area (Å²) >= 11 is 0. The molecule has 1 aromatic heterocycles. The fourth-order valence-corrected chi connectivity index (χ4v) is 3.17. The van der Waals surface area contributed by atoms with Crippen LogP contribution in [0.2, 0.25) is 0 Å². The van der Waals surface area contributed by atoms with Gasteiger partial charge in [0.05, 0.1) is 11.4 Å². The van der Waals surface area contributed by atoms with Crippen LogP contribution in [0.3, 0.4) is 0 Å². The number of imide groups is 1. The Hall–Kier alpha value is -2.71. The number of nitrogens with zero attached hydrogens (tertiary/aromatic N) is 3. The molecule has 1 aromatic carbocycles. The third-order valence-electron chi connectivity index (χ3n) is 4.58. The van der Waals surface area contributed by atoms with Crippen LogP contribution in [0, 0.1) is 6.92 Å². The Morgan fingerprint density at radius 1 is 1.23 bits per heavy atom. The van der Waals surface area contributed by atoms with E-state index in [-0.39, 0.29) is 6.54 Å². The Balaban J connectivity index is 2.03. The number of hydrogen-bond acceptors (Lipinski definition) is 6. The van der Waals surface area contributed by atoms with E-state index in [0.29, 0.717) is 25.1 Å². The van der Waals surface area contributed by atoms with Gasteiger partial charge in [-0.15, -0.1) is 0 Å². The summed E-state index contributed by atoms with van der Waals surface area (Å²) in [5.41, 5.74) is 2.02. The van der Waals surface area contributed by atoms with Gasteiger partial charge in [0.1, 0.15) is 5.60 Å². The average Bonchev–Trinajstić information content (AvgIpc) is 3.01. The number of aryl methyl sites for hydroxylation is 2. The van der Waals surface area contributed by atoms with E-state index in [1.807, 2.05) is 42.9 Å². The quantitative estimate of drug-likeness (QED) is 0.614. The number of nitrogens with one attached hydrogen (secondary N) is 1.